The van der Waals surface area contributed by atoms with Gasteiger partial charge in [0.05, 0.1) is 26.2 Å². The van der Waals surface area contributed by atoms with Crippen molar-refractivity contribution in [1.82, 2.24) is 15.5 Å². The second-order valence-electron chi connectivity index (χ2n) is 7.68. The van der Waals surface area contributed by atoms with Crippen molar-refractivity contribution in [3.8, 4) is 5.75 Å². The first kappa shape index (κ1) is 25.8. The van der Waals surface area contributed by atoms with Crippen LogP contribution in [0.5, 0.6) is 5.75 Å². The number of aldehydes is 1. The number of likely N-dealkylation sites (tertiary alicyclic amines) is 1. The van der Waals surface area contributed by atoms with Gasteiger partial charge < -0.3 is 30.2 Å². The molecule has 1 aromatic carbocycles. The highest BCUT2D eigenvalue weighted by Gasteiger charge is 2.38. The number of hydrogen-bond donors (Lipinski definition) is 3. The molecule has 1 saturated heterocycles. The average molecular weight is 465 g/mol. The van der Waals surface area contributed by atoms with Gasteiger partial charge in [-0.05, 0) is 31.9 Å². The molecule has 1 fully saturated rings. The molecule has 10 nitrogen and oxygen atoms in total. The zero-order chi connectivity index (χ0) is 24.5. The molecule has 1 heterocycles. The van der Waals surface area contributed by atoms with E-state index in [-0.39, 0.29) is 18.5 Å². The predicted molar refractivity (Wildman–Crippen MR) is 115 cm³/mol. The number of carbonyl (C=O) groups is 5. The molecule has 0 bridgehead atoms. The SMILES string of the molecule is COc1cccc(C(=O)N[C@@H](CCF)C(=O)N2CCC[C@H]2C(=O)N[C@H](C=O)CC(=O)O)c1C. The van der Waals surface area contributed by atoms with E-state index >= 15 is 0 Å². The van der Waals surface area contributed by atoms with Crippen LogP contribution < -0.4 is 15.4 Å². The van der Waals surface area contributed by atoms with Gasteiger partial charge in [-0.1, -0.05) is 6.07 Å². The number of nitrogens with zero attached hydrogens (tertiary/aromatic N) is 1. The zero-order valence-electron chi connectivity index (χ0n) is 18.5. The topological polar surface area (TPSA) is 142 Å². The third-order valence-electron chi connectivity index (χ3n) is 5.47. The van der Waals surface area contributed by atoms with Crippen molar-refractivity contribution in [1.29, 1.82) is 0 Å². The summed E-state index contributed by atoms with van der Waals surface area (Å²) in [6, 6.07) is 1.46. The smallest absolute Gasteiger partial charge is 0.305 e. The fourth-order valence-corrected chi connectivity index (χ4v) is 3.79. The molecule has 3 N–H and O–H groups in total. The van der Waals surface area contributed by atoms with Gasteiger partial charge >= 0.3 is 5.97 Å². The van der Waals surface area contributed by atoms with Crippen LogP contribution in [0, 0.1) is 6.92 Å². The summed E-state index contributed by atoms with van der Waals surface area (Å²) in [6.07, 6.45) is 0.224. The molecule has 0 aromatic heterocycles. The summed E-state index contributed by atoms with van der Waals surface area (Å²) in [5.41, 5.74) is 0.824. The minimum atomic E-state index is -1.26. The van der Waals surface area contributed by atoms with Crippen LogP contribution in [0.2, 0.25) is 0 Å². The van der Waals surface area contributed by atoms with E-state index in [1.54, 1.807) is 25.1 Å². The largest absolute Gasteiger partial charge is 0.496 e. The lowest BCUT2D eigenvalue weighted by molar-refractivity contribution is -0.142. The fraction of sp³-hybridized carbons (Fsp3) is 0.500. The second kappa shape index (κ2) is 11.9. The first-order valence-corrected chi connectivity index (χ1v) is 10.5. The number of benzene rings is 1. The Kier molecular flexibility index (Phi) is 9.31. The molecule has 180 valence electrons. The Labute approximate surface area is 190 Å². The number of rotatable bonds is 11. The van der Waals surface area contributed by atoms with Gasteiger partial charge in [-0.15, -0.1) is 0 Å². The zero-order valence-corrected chi connectivity index (χ0v) is 18.5. The van der Waals surface area contributed by atoms with Crippen LogP contribution in [-0.4, -0.2) is 78.4 Å². The van der Waals surface area contributed by atoms with Crippen molar-refractivity contribution >= 4 is 30.0 Å². The molecule has 0 unspecified atom stereocenters. The third kappa shape index (κ3) is 6.50. The van der Waals surface area contributed by atoms with Gasteiger partial charge in [-0.25, -0.2) is 0 Å². The van der Waals surface area contributed by atoms with Gasteiger partial charge in [0.15, 0.2) is 0 Å². The number of carbonyl (C=O) groups excluding carboxylic acids is 4. The average Bonchev–Trinajstić information content (AvgIpc) is 3.27. The van der Waals surface area contributed by atoms with E-state index in [0.29, 0.717) is 30.4 Å². The maximum Gasteiger partial charge on any atom is 0.305 e. The van der Waals surface area contributed by atoms with Crippen LogP contribution in [0.25, 0.3) is 0 Å². The summed E-state index contributed by atoms with van der Waals surface area (Å²) in [7, 11) is 1.46. The first-order chi connectivity index (χ1) is 15.7. The molecule has 33 heavy (non-hydrogen) atoms. The van der Waals surface area contributed by atoms with Crippen molar-refractivity contribution in [2.75, 3.05) is 20.3 Å². The number of methoxy groups -OCH3 is 1. The summed E-state index contributed by atoms with van der Waals surface area (Å²) in [5, 5.41) is 13.7. The minimum Gasteiger partial charge on any atom is -0.496 e. The van der Waals surface area contributed by atoms with Crippen LogP contribution in [-0.2, 0) is 19.2 Å². The van der Waals surface area contributed by atoms with Crippen molar-refractivity contribution in [3.63, 3.8) is 0 Å². The van der Waals surface area contributed by atoms with E-state index in [0.717, 1.165) is 0 Å². The van der Waals surface area contributed by atoms with Gasteiger partial charge in [0, 0.05) is 24.1 Å². The molecule has 1 aliphatic heterocycles. The molecule has 0 saturated carbocycles. The van der Waals surface area contributed by atoms with Crippen LogP contribution >= 0.6 is 0 Å². The van der Waals surface area contributed by atoms with Crippen LogP contribution in [0.3, 0.4) is 0 Å². The van der Waals surface area contributed by atoms with Crippen molar-refractivity contribution < 1.29 is 38.2 Å². The molecule has 11 heteroatoms. The van der Waals surface area contributed by atoms with Crippen LogP contribution in [0.15, 0.2) is 18.2 Å². The molecular formula is C22H28FN3O7. The van der Waals surface area contributed by atoms with E-state index in [4.69, 9.17) is 9.84 Å². The number of aliphatic carboxylic acids is 1. The second-order valence-corrected chi connectivity index (χ2v) is 7.68. The summed E-state index contributed by atoms with van der Waals surface area (Å²) < 4.78 is 18.4. The summed E-state index contributed by atoms with van der Waals surface area (Å²) >= 11 is 0. The monoisotopic (exact) mass is 465 g/mol. The van der Waals surface area contributed by atoms with Gasteiger partial charge in [0.1, 0.15) is 24.1 Å². The number of nitrogens with one attached hydrogen (secondary N) is 2. The standard InChI is InChI=1S/C22H28FN3O7/c1-13-15(5-3-7-18(13)33-2)20(30)25-16(8-9-23)22(32)26-10-4-6-17(26)21(31)24-14(12-27)11-19(28)29/h3,5,7,12,14,16-17H,4,6,8-11H2,1-2H3,(H,24,31)(H,25,30)(H,28,29)/t14-,16-,17-/m0/s1. The van der Waals surface area contributed by atoms with E-state index in [1.165, 1.54) is 12.0 Å². The van der Waals surface area contributed by atoms with Crippen LogP contribution in [0.4, 0.5) is 4.39 Å². The van der Waals surface area contributed by atoms with Crippen molar-refractivity contribution in [2.24, 2.45) is 0 Å². The van der Waals surface area contributed by atoms with Crippen molar-refractivity contribution in [3.05, 3.63) is 29.3 Å². The van der Waals surface area contributed by atoms with E-state index in [9.17, 15) is 28.4 Å². The lowest BCUT2D eigenvalue weighted by Crippen LogP contribution is -2.55. The highest BCUT2D eigenvalue weighted by Crippen LogP contribution is 2.22. The van der Waals surface area contributed by atoms with Crippen molar-refractivity contribution in [2.45, 2.75) is 50.7 Å². The number of halogens is 1. The fourth-order valence-electron chi connectivity index (χ4n) is 3.79. The quantitative estimate of drug-likeness (QED) is 0.407. The maximum absolute atomic E-state index is 13.2. The molecule has 3 atom stereocenters. The van der Waals surface area contributed by atoms with E-state index < -0.39 is 54.9 Å². The number of carboxylic acids is 1. The Morgan fingerprint density at radius 3 is 2.64 bits per heavy atom. The number of amides is 3. The van der Waals surface area contributed by atoms with Gasteiger partial charge in [-0.2, -0.15) is 0 Å². The molecule has 0 spiro atoms. The normalized spacial score (nSPS) is 17.1. The van der Waals surface area contributed by atoms with E-state index in [2.05, 4.69) is 10.6 Å². The lowest BCUT2D eigenvalue weighted by atomic mass is 10.1. The molecule has 0 aliphatic carbocycles. The Morgan fingerprint density at radius 2 is 2.03 bits per heavy atom. The molecule has 3 amide bonds. The molecule has 1 aliphatic rings. The highest BCUT2D eigenvalue weighted by molar-refractivity contribution is 6.00. The molecule has 2 rings (SSSR count). The van der Waals surface area contributed by atoms with Gasteiger partial charge in [0.25, 0.3) is 5.91 Å². The Bertz CT molecular complexity index is 908. The summed E-state index contributed by atoms with van der Waals surface area (Å²) in [6.45, 7) is 1.02. The number of ether oxygens (including phenoxy) is 1. The molecule has 0 radical (unpaired) electrons. The maximum atomic E-state index is 13.2. The lowest BCUT2D eigenvalue weighted by Gasteiger charge is -2.29. The Hall–Kier alpha value is -3.50. The minimum absolute atomic E-state index is 0.207. The highest BCUT2D eigenvalue weighted by atomic mass is 19.1. The van der Waals surface area contributed by atoms with Gasteiger partial charge in [-0.3, -0.25) is 23.6 Å². The first-order valence-electron chi connectivity index (χ1n) is 10.5. The summed E-state index contributed by atoms with van der Waals surface area (Å²) in [5.74, 6) is -2.65. The van der Waals surface area contributed by atoms with E-state index in [1.807, 2.05) is 0 Å². The Morgan fingerprint density at radius 1 is 1.30 bits per heavy atom. The van der Waals surface area contributed by atoms with Crippen LogP contribution in [0.1, 0.15) is 41.6 Å². The Balaban J connectivity index is 2.15. The molecular weight excluding hydrogens is 437 g/mol. The summed E-state index contributed by atoms with van der Waals surface area (Å²) in [4.78, 5) is 61.7. The number of alkyl halides is 1. The number of hydrogen-bond acceptors (Lipinski definition) is 6. The third-order valence-corrected chi connectivity index (χ3v) is 5.47. The molecule has 1 aromatic rings. The number of carboxylic acid groups (broad SMARTS) is 1. The predicted octanol–water partition coefficient (Wildman–Crippen LogP) is 0.611. The van der Waals surface area contributed by atoms with Gasteiger partial charge in [0.2, 0.25) is 11.8 Å².